The predicted octanol–water partition coefficient (Wildman–Crippen LogP) is 5.70. The molecule has 1 aliphatic heterocycles. The molecule has 0 bridgehead atoms. The third-order valence-electron chi connectivity index (χ3n) is 8.18. The van der Waals surface area contributed by atoms with Gasteiger partial charge in [-0.3, -0.25) is 14.2 Å². The number of carbonyl (C=O) groups excluding carboxylic acids is 2. The molecule has 1 N–H and O–H groups in total. The number of hydrogen-bond donors (Lipinski definition) is 1. The van der Waals surface area contributed by atoms with Crippen LogP contribution in [0.4, 0.5) is 0 Å². The largest absolute Gasteiger partial charge is 0.497 e. The fourth-order valence-electron chi connectivity index (χ4n) is 5.66. The lowest BCUT2D eigenvalue weighted by molar-refractivity contribution is -0.130. The van der Waals surface area contributed by atoms with E-state index in [0.717, 1.165) is 28.3 Å². The van der Waals surface area contributed by atoms with Crippen LogP contribution in [0.2, 0.25) is 0 Å². The molecule has 1 unspecified atom stereocenters. The number of hydrogen-bond acceptors (Lipinski definition) is 10. The van der Waals surface area contributed by atoms with Gasteiger partial charge in [0.05, 0.1) is 52.5 Å². The number of thioether (sulfide) groups is 1. The van der Waals surface area contributed by atoms with Crippen LogP contribution in [0, 0.1) is 0 Å². The second-order valence-electron chi connectivity index (χ2n) is 11.1. The Morgan fingerprint density at radius 1 is 0.800 bits per heavy atom. The summed E-state index contributed by atoms with van der Waals surface area (Å²) in [5.74, 6) is 2.52. The molecule has 0 fully saturated rings. The van der Waals surface area contributed by atoms with Gasteiger partial charge in [-0.2, -0.15) is 5.10 Å². The Hall–Kier alpha value is -5.82. The van der Waals surface area contributed by atoms with Crippen molar-refractivity contribution in [3.05, 3.63) is 120 Å². The van der Waals surface area contributed by atoms with Gasteiger partial charge in [0.1, 0.15) is 11.5 Å². The van der Waals surface area contributed by atoms with Gasteiger partial charge in [-0.1, -0.05) is 42.1 Å². The van der Waals surface area contributed by atoms with Gasteiger partial charge in [0.25, 0.3) is 11.8 Å². The molecule has 1 atom stereocenters. The summed E-state index contributed by atoms with van der Waals surface area (Å²) < 4.78 is 23.7. The Bertz CT molecular complexity index is 1980. The molecule has 2 amide bonds. The van der Waals surface area contributed by atoms with E-state index in [1.807, 2.05) is 77.4 Å². The predicted molar refractivity (Wildman–Crippen MR) is 190 cm³/mol. The Morgan fingerprint density at radius 2 is 1.50 bits per heavy atom. The molecule has 13 heteroatoms. The van der Waals surface area contributed by atoms with E-state index in [9.17, 15) is 9.59 Å². The van der Waals surface area contributed by atoms with Crippen molar-refractivity contribution in [2.24, 2.45) is 5.10 Å². The van der Waals surface area contributed by atoms with E-state index < -0.39 is 6.04 Å². The van der Waals surface area contributed by atoms with Gasteiger partial charge >= 0.3 is 0 Å². The van der Waals surface area contributed by atoms with Crippen molar-refractivity contribution in [2.75, 3.05) is 34.2 Å². The van der Waals surface area contributed by atoms with Crippen LogP contribution in [0.15, 0.2) is 107 Å². The van der Waals surface area contributed by atoms with Gasteiger partial charge in [-0.25, -0.2) is 5.01 Å². The van der Waals surface area contributed by atoms with E-state index in [0.29, 0.717) is 40.2 Å². The van der Waals surface area contributed by atoms with Crippen molar-refractivity contribution in [1.82, 2.24) is 25.1 Å². The lowest BCUT2D eigenvalue weighted by Crippen LogP contribution is -2.29. The first kappa shape index (κ1) is 34.1. The number of benzene rings is 4. The number of rotatable bonds is 13. The summed E-state index contributed by atoms with van der Waals surface area (Å²) in [6.45, 7) is 0.112. The van der Waals surface area contributed by atoms with Crippen LogP contribution in [-0.2, 0) is 11.3 Å². The average Bonchev–Trinajstić information content (AvgIpc) is 3.81. The topological polar surface area (TPSA) is 129 Å². The van der Waals surface area contributed by atoms with Crippen LogP contribution in [0.3, 0.4) is 0 Å². The van der Waals surface area contributed by atoms with Gasteiger partial charge in [-0.05, 0) is 72.3 Å². The molecule has 0 spiro atoms. The zero-order valence-electron chi connectivity index (χ0n) is 28.0. The van der Waals surface area contributed by atoms with E-state index in [2.05, 4.69) is 15.5 Å². The van der Waals surface area contributed by atoms with E-state index in [4.69, 9.17) is 24.0 Å². The monoisotopic (exact) mass is 692 g/mol. The standard InChI is InChI=1S/C37H36N6O6S/c1-46-27-17-13-24(14-18-27)30-21-31(29-11-8-12-32(48-3)35(29)49-4)43(41-30)34(44)23-50-37-40-39-33(42(37)26-9-6-5-7-10-26)22-38-36(45)25-15-19-28(47-2)20-16-25/h5-20,31H,21-23H2,1-4H3,(H,38,45). The summed E-state index contributed by atoms with van der Waals surface area (Å²) in [6.07, 6.45) is 0.463. The molecule has 6 rings (SSSR count). The maximum atomic E-state index is 14.1. The van der Waals surface area contributed by atoms with Crippen molar-refractivity contribution >= 4 is 29.3 Å². The van der Waals surface area contributed by atoms with Gasteiger partial charge in [-0.15, -0.1) is 10.2 Å². The Balaban J connectivity index is 1.26. The SMILES string of the molecule is COc1ccc(C(=O)NCc2nnc(SCC(=O)N3N=C(c4ccc(OC)cc4)CC3c3cccc(OC)c3OC)n2-c2ccccc2)cc1. The molecule has 4 aromatic carbocycles. The van der Waals surface area contributed by atoms with Crippen LogP contribution in [0.25, 0.3) is 5.69 Å². The molecule has 256 valence electrons. The zero-order valence-corrected chi connectivity index (χ0v) is 28.8. The molecular weight excluding hydrogens is 657 g/mol. The normalized spacial score (nSPS) is 13.8. The highest BCUT2D eigenvalue weighted by Gasteiger charge is 2.36. The molecule has 1 aromatic heterocycles. The summed E-state index contributed by atoms with van der Waals surface area (Å²) in [4.78, 5) is 27.0. The number of aromatic nitrogens is 3. The minimum Gasteiger partial charge on any atom is -0.497 e. The van der Waals surface area contributed by atoms with Crippen molar-refractivity contribution in [1.29, 1.82) is 0 Å². The highest BCUT2D eigenvalue weighted by atomic mass is 32.2. The molecule has 5 aromatic rings. The van der Waals surface area contributed by atoms with Gasteiger partial charge in [0.15, 0.2) is 22.5 Å². The summed E-state index contributed by atoms with van der Waals surface area (Å²) >= 11 is 1.24. The number of hydrazone groups is 1. The van der Waals surface area contributed by atoms with Gasteiger partial charge in [0, 0.05) is 23.2 Å². The van der Waals surface area contributed by atoms with Gasteiger partial charge < -0.3 is 24.3 Å². The summed E-state index contributed by atoms with van der Waals surface area (Å²) in [5.41, 5.74) is 3.69. The first-order valence-electron chi connectivity index (χ1n) is 15.7. The first-order chi connectivity index (χ1) is 24.4. The van der Waals surface area contributed by atoms with Crippen LogP contribution in [0.5, 0.6) is 23.0 Å². The average molecular weight is 693 g/mol. The van der Waals surface area contributed by atoms with E-state index in [1.54, 1.807) is 52.7 Å². The second kappa shape index (κ2) is 15.6. The number of ether oxygens (including phenoxy) is 4. The van der Waals surface area contributed by atoms with Crippen LogP contribution < -0.4 is 24.3 Å². The highest BCUT2D eigenvalue weighted by molar-refractivity contribution is 7.99. The first-order valence-corrected chi connectivity index (χ1v) is 16.7. The molecule has 0 saturated carbocycles. The third kappa shape index (κ3) is 7.27. The second-order valence-corrected chi connectivity index (χ2v) is 12.0. The number of para-hydroxylation sites is 2. The van der Waals surface area contributed by atoms with Crippen molar-refractivity contribution in [3.8, 4) is 28.7 Å². The molecule has 50 heavy (non-hydrogen) atoms. The fourth-order valence-corrected chi connectivity index (χ4v) is 6.48. The third-order valence-corrected chi connectivity index (χ3v) is 9.09. The molecule has 0 aliphatic carbocycles. The van der Waals surface area contributed by atoms with E-state index in [1.165, 1.54) is 16.8 Å². The minimum atomic E-state index is -0.444. The molecule has 2 heterocycles. The molecule has 12 nitrogen and oxygen atoms in total. The molecule has 0 saturated heterocycles. The Kier molecular flexibility index (Phi) is 10.6. The summed E-state index contributed by atoms with van der Waals surface area (Å²) in [7, 11) is 6.35. The van der Waals surface area contributed by atoms with E-state index in [-0.39, 0.29) is 24.1 Å². The number of nitrogens with zero attached hydrogens (tertiary/aromatic N) is 5. The highest BCUT2D eigenvalue weighted by Crippen LogP contribution is 2.42. The molecule has 0 radical (unpaired) electrons. The zero-order chi connectivity index (χ0) is 35.0. The van der Waals surface area contributed by atoms with Crippen molar-refractivity contribution in [3.63, 3.8) is 0 Å². The Labute approximate surface area is 294 Å². The van der Waals surface area contributed by atoms with Gasteiger partial charge in [0.2, 0.25) is 0 Å². The Morgan fingerprint density at radius 3 is 2.16 bits per heavy atom. The van der Waals surface area contributed by atoms with E-state index >= 15 is 0 Å². The fraction of sp³-hybridized carbons (Fsp3) is 0.216. The lowest BCUT2D eigenvalue weighted by atomic mass is 9.97. The maximum absolute atomic E-state index is 14.1. The maximum Gasteiger partial charge on any atom is 0.253 e. The molecular formula is C37H36N6O6S. The van der Waals surface area contributed by atoms with Crippen LogP contribution in [0.1, 0.15) is 39.8 Å². The van der Waals surface area contributed by atoms with Crippen LogP contribution >= 0.6 is 11.8 Å². The van der Waals surface area contributed by atoms with Crippen molar-refractivity contribution in [2.45, 2.75) is 24.2 Å². The number of carbonyl (C=O) groups is 2. The smallest absolute Gasteiger partial charge is 0.253 e. The lowest BCUT2D eigenvalue weighted by Gasteiger charge is -2.24. The quantitative estimate of drug-likeness (QED) is 0.155. The number of methoxy groups -OCH3 is 4. The van der Waals surface area contributed by atoms with Crippen LogP contribution in [-0.4, -0.2) is 71.5 Å². The number of nitrogens with one attached hydrogen (secondary N) is 1. The molecule has 1 aliphatic rings. The summed E-state index contributed by atoms with van der Waals surface area (Å²) in [5, 5.41) is 18.6. The van der Waals surface area contributed by atoms with Crippen molar-refractivity contribution < 1.29 is 28.5 Å². The summed E-state index contributed by atoms with van der Waals surface area (Å²) in [6, 6.07) is 29.2. The minimum absolute atomic E-state index is 0.0192. The number of amides is 2.